The highest BCUT2D eigenvalue weighted by atomic mass is 16.5. The van der Waals surface area contributed by atoms with Crippen LogP contribution in [0.4, 0.5) is 0 Å². The van der Waals surface area contributed by atoms with Gasteiger partial charge in [-0.15, -0.1) is 0 Å². The zero-order valence-corrected chi connectivity index (χ0v) is 14.0. The quantitative estimate of drug-likeness (QED) is 0.627. The van der Waals surface area contributed by atoms with E-state index < -0.39 is 5.97 Å². The predicted octanol–water partition coefficient (Wildman–Crippen LogP) is 2.93. The molecule has 0 aliphatic carbocycles. The number of carbonyl (C=O) groups is 2. The van der Waals surface area contributed by atoms with E-state index in [1.165, 1.54) is 5.56 Å². The van der Waals surface area contributed by atoms with Crippen molar-refractivity contribution in [2.45, 2.75) is 26.7 Å². The lowest BCUT2D eigenvalue weighted by atomic mass is 10.1. The highest BCUT2D eigenvalue weighted by molar-refractivity contribution is 5.94. The second kappa shape index (κ2) is 8.82. The Morgan fingerprint density at radius 2 is 1.88 bits per heavy atom. The van der Waals surface area contributed by atoms with Crippen molar-refractivity contribution in [2.24, 2.45) is 0 Å². The van der Waals surface area contributed by atoms with E-state index >= 15 is 0 Å². The van der Waals surface area contributed by atoms with Gasteiger partial charge < -0.3 is 10.1 Å². The van der Waals surface area contributed by atoms with Crippen LogP contribution in [-0.4, -0.2) is 30.0 Å². The van der Waals surface area contributed by atoms with E-state index in [-0.39, 0.29) is 5.91 Å². The molecule has 0 radical (unpaired) electrons. The van der Waals surface area contributed by atoms with E-state index in [0.717, 1.165) is 12.8 Å². The number of amides is 1. The van der Waals surface area contributed by atoms with Gasteiger partial charge in [0.2, 0.25) is 0 Å². The molecule has 24 heavy (non-hydrogen) atoms. The van der Waals surface area contributed by atoms with E-state index in [1.807, 2.05) is 18.2 Å². The molecule has 1 heterocycles. The van der Waals surface area contributed by atoms with Gasteiger partial charge in [-0.05, 0) is 44.4 Å². The van der Waals surface area contributed by atoms with Crippen molar-refractivity contribution in [3.8, 4) is 0 Å². The van der Waals surface area contributed by atoms with Crippen LogP contribution in [0, 0.1) is 6.92 Å². The van der Waals surface area contributed by atoms with E-state index in [1.54, 1.807) is 26.0 Å². The van der Waals surface area contributed by atoms with Crippen LogP contribution in [0.1, 0.15) is 45.4 Å². The monoisotopic (exact) mass is 326 g/mol. The Hall–Kier alpha value is -2.69. The normalized spacial score (nSPS) is 10.2. The minimum Gasteiger partial charge on any atom is -0.462 e. The van der Waals surface area contributed by atoms with Crippen LogP contribution >= 0.6 is 0 Å². The molecule has 2 aromatic rings. The average Bonchev–Trinajstić information content (AvgIpc) is 2.59. The van der Waals surface area contributed by atoms with E-state index in [9.17, 15) is 9.59 Å². The maximum Gasteiger partial charge on any atom is 0.339 e. The third-order valence-corrected chi connectivity index (χ3v) is 3.58. The van der Waals surface area contributed by atoms with Crippen LogP contribution in [0.25, 0.3) is 0 Å². The largest absolute Gasteiger partial charge is 0.462 e. The number of hydrogen-bond donors (Lipinski definition) is 1. The Kier molecular flexibility index (Phi) is 6.49. The number of benzene rings is 1. The van der Waals surface area contributed by atoms with Crippen LogP contribution in [-0.2, 0) is 11.2 Å². The average molecular weight is 326 g/mol. The summed E-state index contributed by atoms with van der Waals surface area (Å²) in [4.78, 5) is 28.1. The highest BCUT2D eigenvalue weighted by Gasteiger charge is 2.14. The molecule has 1 amide bonds. The van der Waals surface area contributed by atoms with Crippen LogP contribution < -0.4 is 5.32 Å². The van der Waals surface area contributed by atoms with Crippen LogP contribution in [0.3, 0.4) is 0 Å². The summed E-state index contributed by atoms with van der Waals surface area (Å²) >= 11 is 0. The van der Waals surface area contributed by atoms with Crippen molar-refractivity contribution in [3.63, 3.8) is 0 Å². The summed E-state index contributed by atoms with van der Waals surface area (Å²) in [5.74, 6) is -0.654. The van der Waals surface area contributed by atoms with E-state index in [0.29, 0.717) is 30.1 Å². The molecule has 0 unspecified atom stereocenters. The van der Waals surface area contributed by atoms with Crippen molar-refractivity contribution in [1.82, 2.24) is 10.3 Å². The van der Waals surface area contributed by atoms with Gasteiger partial charge in [-0.25, -0.2) is 9.78 Å². The maximum atomic E-state index is 12.1. The van der Waals surface area contributed by atoms with E-state index in [4.69, 9.17) is 4.74 Å². The summed E-state index contributed by atoms with van der Waals surface area (Å²) in [7, 11) is 0. The molecule has 0 aliphatic rings. The molecule has 5 nitrogen and oxygen atoms in total. The van der Waals surface area contributed by atoms with Gasteiger partial charge in [0.1, 0.15) is 5.69 Å². The molecule has 0 aliphatic heterocycles. The standard InChI is InChI=1S/C19H22N2O3/c1-3-24-19(23)16-11-12-17(21-14(16)2)18(22)20-13-7-10-15-8-5-4-6-9-15/h4-6,8-9,11-12H,3,7,10,13H2,1-2H3,(H,20,22). The number of ether oxygens (including phenoxy) is 1. The SMILES string of the molecule is CCOC(=O)c1ccc(C(=O)NCCCc2ccccc2)nc1C. The molecule has 0 atom stereocenters. The minimum atomic E-state index is -0.419. The third-order valence-electron chi connectivity index (χ3n) is 3.58. The molecule has 1 aromatic heterocycles. The van der Waals surface area contributed by atoms with Crippen LogP contribution in [0.2, 0.25) is 0 Å². The van der Waals surface area contributed by atoms with Crippen molar-refractivity contribution in [2.75, 3.05) is 13.2 Å². The molecule has 1 aromatic carbocycles. The number of esters is 1. The smallest absolute Gasteiger partial charge is 0.339 e. The zero-order chi connectivity index (χ0) is 17.4. The van der Waals surface area contributed by atoms with Gasteiger partial charge in [-0.2, -0.15) is 0 Å². The van der Waals surface area contributed by atoms with Gasteiger partial charge >= 0.3 is 5.97 Å². The van der Waals surface area contributed by atoms with Gasteiger partial charge in [0.05, 0.1) is 17.9 Å². The number of carbonyl (C=O) groups excluding carboxylic acids is 2. The minimum absolute atomic E-state index is 0.235. The van der Waals surface area contributed by atoms with Crippen molar-refractivity contribution >= 4 is 11.9 Å². The maximum absolute atomic E-state index is 12.1. The number of aromatic nitrogens is 1. The Bertz CT molecular complexity index is 699. The highest BCUT2D eigenvalue weighted by Crippen LogP contribution is 2.09. The molecule has 0 fully saturated rings. The molecule has 0 bridgehead atoms. The number of pyridine rings is 1. The first-order valence-electron chi connectivity index (χ1n) is 8.08. The number of aryl methyl sites for hydroxylation is 2. The van der Waals surface area contributed by atoms with E-state index in [2.05, 4.69) is 22.4 Å². The summed E-state index contributed by atoms with van der Waals surface area (Å²) in [5, 5.41) is 2.85. The van der Waals surface area contributed by atoms with Gasteiger partial charge in [0.25, 0.3) is 5.91 Å². The lowest BCUT2D eigenvalue weighted by Gasteiger charge is -2.08. The molecular weight excluding hydrogens is 304 g/mol. The molecule has 1 N–H and O–H groups in total. The molecule has 0 saturated heterocycles. The molecule has 5 heteroatoms. The number of nitrogens with one attached hydrogen (secondary N) is 1. The van der Waals surface area contributed by atoms with Gasteiger partial charge in [-0.1, -0.05) is 30.3 Å². The van der Waals surface area contributed by atoms with Gasteiger partial charge in [0.15, 0.2) is 0 Å². The van der Waals surface area contributed by atoms with Crippen LogP contribution in [0.5, 0.6) is 0 Å². The Balaban J connectivity index is 1.86. The zero-order valence-electron chi connectivity index (χ0n) is 14.0. The molecule has 0 saturated carbocycles. The molecule has 126 valence electrons. The first kappa shape index (κ1) is 17.7. The fourth-order valence-electron chi connectivity index (χ4n) is 2.34. The summed E-state index contributed by atoms with van der Waals surface area (Å²) < 4.78 is 4.95. The lowest BCUT2D eigenvalue weighted by molar-refractivity contribution is 0.0524. The van der Waals surface area contributed by atoms with Crippen LogP contribution in [0.15, 0.2) is 42.5 Å². The Labute approximate surface area is 142 Å². The molecule has 2 rings (SSSR count). The summed E-state index contributed by atoms with van der Waals surface area (Å²) in [5.41, 5.74) is 2.43. The van der Waals surface area contributed by atoms with Crippen molar-refractivity contribution < 1.29 is 14.3 Å². The fourth-order valence-corrected chi connectivity index (χ4v) is 2.34. The first-order valence-corrected chi connectivity index (χ1v) is 8.08. The fraction of sp³-hybridized carbons (Fsp3) is 0.316. The van der Waals surface area contributed by atoms with Crippen molar-refractivity contribution in [1.29, 1.82) is 0 Å². The number of nitrogens with zero attached hydrogens (tertiary/aromatic N) is 1. The second-order valence-electron chi connectivity index (χ2n) is 5.39. The topological polar surface area (TPSA) is 68.3 Å². The predicted molar refractivity (Wildman–Crippen MR) is 92.0 cm³/mol. The molecular formula is C19H22N2O3. The third kappa shape index (κ3) is 4.91. The number of rotatable bonds is 7. The summed E-state index contributed by atoms with van der Waals surface area (Å²) in [6.07, 6.45) is 1.77. The van der Waals surface area contributed by atoms with Crippen molar-refractivity contribution in [3.05, 3.63) is 65.0 Å². The summed E-state index contributed by atoms with van der Waals surface area (Å²) in [6, 6.07) is 13.3. The molecule has 0 spiro atoms. The first-order chi connectivity index (χ1) is 11.6. The summed E-state index contributed by atoms with van der Waals surface area (Å²) in [6.45, 7) is 4.33. The van der Waals surface area contributed by atoms with Gasteiger partial charge in [-0.3, -0.25) is 4.79 Å². The van der Waals surface area contributed by atoms with Gasteiger partial charge in [0, 0.05) is 6.54 Å². The number of hydrogen-bond acceptors (Lipinski definition) is 4. The Morgan fingerprint density at radius 3 is 2.54 bits per heavy atom. The Morgan fingerprint density at radius 1 is 1.12 bits per heavy atom. The lowest BCUT2D eigenvalue weighted by Crippen LogP contribution is -2.26. The second-order valence-corrected chi connectivity index (χ2v) is 5.39.